The van der Waals surface area contributed by atoms with Gasteiger partial charge < -0.3 is 5.11 Å². The molecular weight excluding hydrogens is 220 g/mol. The molecule has 1 aromatic carbocycles. The van der Waals surface area contributed by atoms with Gasteiger partial charge in [0.2, 0.25) is 0 Å². The zero-order valence-electron chi connectivity index (χ0n) is 12.6. The van der Waals surface area contributed by atoms with Gasteiger partial charge in [-0.15, -0.1) is 0 Å². The van der Waals surface area contributed by atoms with Gasteiger partial charge in [-0.25, -0.2) is 0 Å². The van der Waals surface area contributed by atoms with Crippen molar-refractivity contribution in [1.29, 1.82) is 0 Å². The SMILES string of the molecule is C[C@H](O)c1cc(C(C)(C)C)cc2c1CCC2(C)C. The monoisotopic (exact) mass is 246 g/mol. The van der Waals surface area contributed by atoms with Crippen LogP contribution >= 0.6 is 0 Å². The summed E-state index contributed by atoms with van der Waals surface area (Å²) >= 11 is 0. The Morgan fingerprint density at radius 2 is 1.83 bits per heavy atom. The molecule has 0 aromatic heterocycles. The molecule has 0 saturated heterocycles. The molecule has 1 aliphatic carbocycles. The molecule has 1 aromatic rings. The zero-order chi connectivity index (χ0) is 13.7. The summed E-state index contributed by atoms with van der Waals surface area (Å²) in [5, 5.41) is 10.0. The van der Waals surface area contributed by atoms with Crippen molar-refractivity contribution in [3.8, 4) is 0 Å². The van der Waals surface area contributed by atoms with Crippen molar-refractivity contribution in [2.75, 3.05) is 0 Å². The summed E-state index contributed by atoms with van der Waals surface area (Å²) in [5.74, 6) is 0. The summed E-state index contributed by atoms with van der Waals surface area (Å²) in [6.45, 7) is 13.2. The van der Waals surface area contributed by atoms with Crippen LogP contribution in [0.3, 0.4) is 0 Å². The standard InChI is InChI=1S/C17H26O/c1-11(18)14-9-12(16(2,3)4)10-15-13(14)7-8-17(15,5)6/h9-11,18H,7-8H2,1-6H3/t11-/m0/s1. The Balaban J connectivity index is 2.67. The van der Waals surface area contributed by atoms with Gasteiger partial charge in [0.15, 0.2) is 0 Å². The summed E-state index contributed by atoms with van der Waals surface area (Å²) in [7, 11) is 0. The highest BCUT2D eigenvalue weighted by atomic mass is 16.3. The maximum absolute atomic E-state index is 10.0. The van der Waals surface area contributed by atoms with Gasteiger partial charge in [0.1, 0.15) is 0 Å². The largest absolute Gasteiger partial charge is 0.389 e. The molecular formula is C17H26O. The average molecular weight is 246 g/mol. The first kappa shape index (κ1) is 13.6. The predicted molar refractivity (Wildman–Crippen MR) is 77.1 cm³/mol. The molecule has 0 aliphatic heterocycles. The summed E-state index contributed by atoms with van der Waals surface area (Å²) in [6.07, 6.45) is 1.93. The summed E-state index contributed by atoms with van der Waals surface area (Å²) in [5.41, 5.74) is 5.71. The van der Waals surface area contributed by atoms with Crippen molar-refractivity contribution in [2.24, 2.45) is 0 Å². The first-order valence-corrected chi connectivity index (χ1v) is 6.99. The third-order valence-electron chi connectivity index (χ3n) is 4.33. The van der Waals surface area contributed by atoms with Crippen molar-refractivity contribution in [2.45, 2.75) is 71.3 Å². The molecule has 1 heteroatoms. The van der Waals surface area contributed by atoms with Crippen LogP contribution in [0.2, 0.25) is 0 Å². The molecule has 100 valence electrons. The van der Waals surface area contributed by atoms with Crippen molar-refractivity contribution in [3.63, 3.8) is 0 Å². The lowest BCUT2D eigenvalue weighted by Gasteiger charge is -2.26. The maximum Gasteiger partial charge on any atom is 0.0764 e. The summed E-state index contributed by atoms with van der Waals surface area (Å²) < 4.78 is 0. The maximum atomic E-state index is 10.0. The minimum absolute atomic E-state index is 0.136. The van der Waals surface area contributed by atoms with Crippen LogP contribution in [-0.2, 0) is 17.3 Å². The van der Waals surface area contributed by atoms with Gasteiger partial charge in [-0.05, 0) is 52.8 Å². The van der Waals surface area contributed by atoms with Crippen LogP contribution in [0.5, 0.6) is 0 Å². The van der Waals surface area contributed by atoms with E-state index in [1.165, 1.54) is 23.1 Å². The Kier molecular flexibility index (Phi) is 3.09. The zero-order valence-corrected chi connectivity index (χ0v) is 12.6. The van der Waals surface area contributed by atoms with E-state index < -0.39 is 0 Å². The van der Waals surface area contributed by atoms with E-state index in [-0.39, 0.29) is 16.9 Å². The quantitative estimate of drug-likeness (QED) is 0.785. The van der Waals surface area contributed by atoms with Gasteiger partial charge in [0, 0.05) is 0 Å². The predicted octanol–water partition coefficient (Wildman–Crippen LogP) is 4.26. The Labute approximate surface area is 111 Å². The van der Waals surface area contributed by atoms with Crippen LogP contribution in [0.25, 0.3) is 0 Å². The Bertz CT molecular complexity index is 461. The summed E-state index contributed by atoms with van der Waals surface area (Å²) in [4.78, 5) is 0. The van der Waals surface area contributed by atoms with E-state index in [1.807, 2.05) is 6.92 Å². The Morgan fingerprint density at radius 3 is 2.33 bits per heavy atom. The van der Waals surface area contributed by atoms with Crippen molar-refractivity contribution in [3.05, 3.63) is 34.4 Å². The first-order chi connectivity index (χ1) is 8.13. The minimum Gasteiger partial charge on any atom is -0.389 e. The van der Waals surface area contributed by atoms with Crippen LogP contribution in [0.1, 0.15) is 76.3 Å². The van der Waals surface area contributed by atoms with Gasteiger partial charge in [0.05, 0.1) is 6.10 Å². The number of aliphatic hydroxyl groups excluding tert-OH is 1. The highest BCUT2D eigenvalue weighted by Crippen LogP contribution is 2.43. The highest BCUT2D eigenvalue weighted by Gasteiger charge is 2.33. The second kappa shape index (κ2) is 4.09. The third kappa shape index (κ3) is 2.21. The molecule has 0 bridgehead atoms. The molecule has 2 rings (SSSR count). The molecule has 0 saturated carbocycles. The van der Waals surface area contributed by atoms with Crippen LogP contribution in [0.4, 0.5) is 0 Å². The van der Waals surface area contributed by atoms with Crippen LogP contribution in [-0.4, -0.2) is 5.11 Å². The summed E-state index contributed by atoms with van der Waals surface area (Å²) in [6, 6.07) is 4.58. The van der Waals surface area contributed by atoms with Gasteiger partial charge >= 0.3 is 0 Å². The van der Waals surface area contributed by atoms with E-state index in [2.05, 4.69) is 46.8 Å². The molecule has 0 unspecified atom stereocenters. The normalized spacial score (nSPS) is 19.7. The van der Waals surface area contributed by atoms with Crippen molar-refractivity contribution < 1.29 is 5.11 Å². The molecule has 1 nitrogen and oxygen atoms in total. The first-order valence-electron chi connectivity index (χ1n) is 6.99. The molecule has 0 heterocycles. The van der Waals surface area contributed by atoms with Gasteiger partial charge in [-0.2, -0.15) is 0 Å². The lowest BCUT2D eigenvalue weighted by atomic mass is 9.79. The number of hydrogen-bond donors (Lipinski definition) is 1. The van der Waals surface area contributed by atoms with E-state index in [0.29, 0.717) is 0 Å². The van der Waals surface area contributed by atoms with Gasteiger partial charge in [-0.3, -0.25) is 0 Å². The molecule has 0 radical (unpaired) electrons. The van der Waals surface area contributed by atoms with Crippen LogP contribution < -0.4 is 0 Å². The van der Waals surface area contributed by atoms with Gasteiger partial charge in [-0.1, -0.05) is 46.8 Å². The number of fused-ring (bicyclic) bond motifs is 1. The lowest BCUT2D eigenvalue weighted by molar-refractivity contribution is 0.198. The van der Waals surface area contributed by atoms with E-state index in [4.69, 9.17) is 0 Å². The number of hydrogen-bond acceptors (Lipinski definition) is 1. The Morgan fingerprint density at radius 1 is 1.22 bits per heavy atom. The van der Waals surface area contributed by atoms with Crippen LogP contribution in [0, 0.1) is 0 Å². The Hall–Kier alpha value is -0.820. The number of rotatable bonds is 1. The number of benzene rings is 1. The molecule has 1 aliphatic rings. The fourth-order valence-corrected chi connectivity index (χ4v) is 2.96. The van der Waals surface area contributed by atoms with E-state index >= 15 is 0 Å². The van der Waals surface area contributed by atoms with Crippen LogP contribution in [0.15, 0.2) is 12.1 Å². The lowest BCUT2D eigenvalue weighted by Crippen LogP contribution is -2.17. The third-order valence-corrected chi connectivity index (χ3v) is 4.33. The molecule has 1 atom stereocenters. The smallest absolute Gasteiger partial charge is 0.0764 e. The van der Waals surface area contributed by atoms with Gasteiger partial charge in [0.25, 0.3) is 0 Å². The van der Waals surface area contributed by atoms with E-state index in [1.54, 1.807) is 0 Å². The molecule has 18 heavy (non-hydrogen) atoms. The molecule has 0 amide bonds. The van der Waals surface area contributed by atoms with Crippen molar-refractivity contribution in [1.82, 2.24) is 0 Å². The van der Waals surface area contributed by atoms with Crippen molar-refractivity contribution >= 4 is 0 Å². The fourth-order valence-electron chi connectivity index (χ4n) is 2.96. The topological polar surface area (TPSA) is 20.2 Å². The average Bonchev–Trinajstić information content (AvgIpc) is 2.52. The molecule has 0 fully saturated rings. The second-order valence-corrected chi connectivity index (χ2v) is 7.40. The highest BCUT2D eigenvalue weighted by molar-refractivity contribution is 5.48. The van der Waals surface area contributed by atoms with E-state index in [9.17, 15) is 5.11 Å². The molecule has 1 N–H and O–H groups in total. The second-order valence-electron chi connectivity index (χ2n) is 7.40. The molecule has 0 spiro atoms. The number of aliphatic hydroxyl groups is 1. The minimum atomic E-state index is -0.366. The van der Waals surface area contributed by atoms with E-state index in [0.717, 1.165) is 12.0 Å². The fraction of sp³-hybridized carbons (Fsp3) is 0.647.